The smallest absolute Gasteiger partial charge is 0.226 e. The van der Waals surface area contributed by atoms with Gasteiger partial charge in [0.15, 0.2) is 5.13 Å². The molecule has 1 aromatic rings. The van der Waals surface area contributed by atoms with E-state index in [1.165, 1.54) is 11.3 Å². The van der Waals surface area contributed by atoms with Crippen molar-refractivity contribution < 1.29 is 15.0 Å². The predicted molar refractivity (Wildman–Crippen MR) is 60.9 cm³/mol. The van der Waals surface area contributed by atoms with Crippen molar-refractivity contribution in [2.24, 2.45) is 0 Å². The first kappa shape index (κ1) is 12.9. The summed E-state index contributed by atoms with van der Waals surface area (Å²) in [6.45, 7) is 0.906. The molecule has 6 nitrogen and oxygen atoms in total. The molecule has 7 heteroatoms. The van der Waals surface area contributed by atoms with Crippen LogP contribution in [0.5, 0.6) is 0 Å². The van der Waals surface area contributed by atoms with Gasteiger partial charge in [-0.05, 0) is 6.92 Å². The number of thiazole rings is 1. The van der Waals surface area contributed by atoms with Crippen molar-refractivity contribution in [3.63, 3.8) is 0 Å². The number of carbonyl (C=O) groups excluding carboxylic acids is 1. The Bertz CT molecular complexity index is 363. The van der Waals surface area contributed by atoms with Crippen LogP contribution in [0.2, 0.25) is 0 Å². The molecule has 16 heavy (non-hydrogen) atoms. The van der Waals surface area contributed by atoms with E-state index in [0.717, 1.165) is 0 Å². The third-order valence-electron chi connectivity index (χ3n) is 2.05. The van der Waals surface area contributed by atoms with Gasteiger partial charge in [-0.2, -0.15) is 0 Å². The lowest BCUT2D eigenvalue weighted by Gasteiger charge is -2.25. The maximum absolute atomic E-state index is 11.5. The first-order valence-electron chi connectivity index (χ1n) is 4.72. The summed E-state index contributed by atoms with van der Waals surface area (Å²) in [4.78, 5) is 15.5. The lowest BCUT2D eigenvalue weighted by molar-refractivity contribution is -0.123. The molecule has 0 aliphatic rings. The molecule has 0 saturated carbocycles. The van der Waals surface area contributed by atoms with Crippen molar-refractivity contribution in [2.45, 2.75) is 18.9 Å². The van der Waals surface area contributed by atoms with E-state index < -0.39 is 5.54 Å². The van der Waals surface area contributed by atoms with Gasteiger partial charge >= 0.3 is 0 Å². The van der Waals surface area contributed by atoms with E-state index >= 15 is 0 Å². The summed E-state index contributed by atoms with van der Waals surface area (Å²) in [7, 11) is 0. The number of hydrogen-bond acceptors (Lipinski definition) is 6. The molecule has 90 valence electrons. The van der Waals surface area contributed by atoms with Gasteiger partial charge in [-0.25, -0.2) is 4.98 Å². The van der Waals surface area contributed by atoms with E-state index in [9.17, 15) is 4.79 Å². The predicted octanol–water partition coefficient (Wildman–Crippen LogP) is -0.873. The quantitative estimate of drug-likeness (QED) is 0.539. The normalized spacial score (nSPS) is 11.4. The van der Waals surface area contributed by atoms with Crippen LogP contribution in [-0.2, 0) is 11.2 Å². The van der Waals surface area contributed by atoms with Gasteiger partial charge in [-0.3, -0.25) is 4.79 Å². The highest BCUT2D eigenvalue weighted by atomic mass is 32.1. The molecule has 0 fully saturated rings. The van der Waals surface area contributed by atoms with Gasteiger partial charge in [0.2, 0.25) is 5.91 Å². The Kier molecular flexibility index (Phi) is 4.22. The SMILES string of the molecule is CC(CO)(CO)NC(=O)Cc1csc(N)n1. The Balaban J connectivity index is 2.53. The van der Waals surface area contributed by atoms with Gasteiger partial charge in [-0.1, -0.05) is 0 Å². The molecule has 1 rings (SSSR count). The molecule has 0 unspecified atom stereocenters. The second-order valence-electron chi connectivity index (χ2n) is 3.78. The summed E-state index contributed by atoms with van der Waals surface area (Å²) in [5, 5.41) is 22.6. The molecule has 0 atom stereocenters. The van der Waals surface area contributed by atoms with Gasteiger partial charge in [0, 0.05) is 5.38 Å². The highest BCUT2D eigenvalue weighted by Crippen LogP contribution is 2.11. The van der Waals surface area contributed by atoms with Crippen molar-refractivity contribution in [1.29, 1.82) is 0 Å². The number of nitrogens with two attached hydrogens (primary N) is 1. The molecule has 0 aliphatic carbocycles. The van der Waals surface area contributed by atoms with E-state index in [-0.39, 0.29) is 25.5 Å². The Morgan fingerprint density at radius 1 is 1.62 bits per heavy atom. The molecule has 0 aromatic carbocycles. The number of nitrogen functional groups attached to an aromatic ring is 1. The Labute approximate surface area is 97.1 Å². The molecular weight excluding hydrogens is 230 g/mol. The minimum atomic E-state index is -1.00. The topological polar surface area (TPSA) is 108 Å². The summed E-state index contributed by atoms with van der Waals surface area (Å²) in [5.74, 6) is -0.309. The Hall–Kier alpha value is -1.18. The molecule has 0 aliphatic heterocycles. The fourth-order valence-corrected chi connectivity index (χ4v) is 1.64. The standard InChI is InChI=1S/C9H15N3O3S/c1-9(4-13,5-14)12-7(15)2-6-3-16-8(10)11-6/h3,13-14H,2,4-5H2,1H3,(H2,10,11)(H,12,15). The zero-order valence-electron chi connectivity index (χ0n) is 8.93. The molecule has 0 radical (unpaired) electrons. The van der Waals surface area contributed by atoms with Crippen LogP contribution in [0.3, 0.4) is 0 Å². The van der Waals surface area contributed by atoms with Crippen molar-refractivity contribution in [3.8, 4) is 0 Å². The second kappa shape index (κ2) is 5.24. The van der Waals surface area contributed by atoms with Gasteiger partial charge in [0.25, 0.3) is 0 Å². The van der Waals surface area contributed by atoms with E-state index in [2.05, 4.69) is 10.3 Å². The molecule has 1 aromatic heterocycles. The number of aliphatic hydroxyl groups excluding tert-OH is 2. The van der Waals surface area contributed by atoms with Gasteiger partial charge in [0.05, 0.1) is 30.9 Å². The van der Waals surface area contributed by atoms with Crippen LogP contribution in [0, 0.1) is 0 Å². The summed E-state index contributed by atoms with van der Waals surface area (Å²) in [6, 6.07) is 0. The number of aromatic nitrogens is 1. The first-order valence-corrected chi connectivity index (χ1v) is 5.59. The highest BCUT2D eigenvalue weighted by Gasteiger charge is 2.24. The molecular formula is C9H15N3O3S. The van der Waals surface area contributed by atoms with Crippen LogP contribution in [0.4, 0.5) is 5.13 Å². The Morgan fingerprint density at radius 2 is 2.25 bits per heavy atom. The van der Waals surface area contributed by atoms with Crippen LogP contribution in [0.1, 0.15) is 12.6 Å². The largest absolute Gasteiger partial charge is 0.394 e. The number of nitrogens with one attached hydrogen (secondary N) is 1. The second-order valence-corrected chi connectivity index (χ2v) is 4.67. The zero-order chi connectivity index (χ0) is 12.2. The number of anilines is 1. The molecule has 0 saturated heterocycles. The molecule has 1 amide bonds. The zero-order valence-corrected chi connectivity index (χ0v) is 9.75. The minimum Gasteiger partial charge on any atom is -0.394 e. The maximum Gasteiger partial charge on any atom is 0.226 e. The number of amides is 1. The van der Waals surface area contributed by atoms with Gasteiger partial charge < -0.3 is 21.3 Å². The third kappa shape index (κ3) is 3.44. The number of aliphatic hydroxyl groups is 2. The van der Waals surface area contributed by atoms with Crippen LogP contribution in [0.25, 0.3) is 0 Å². The van der Waals surface area contributed by atoms with Crippen molar-refractivity contribution >= 4 is 22.4 Å². The minimum absolute atomic E-state index is 0.0866. The number of nitrogens with zero attached hydrogens (tertiary/aromatic N) is 1. The average Bonchev–Trinajstić information content (AvgIpc) is 2.63. The Morgan fingerprint density at radius 3 is 2.69 bits per heavy atom. The summed E-state index contributed by atoms with van der Waals surface area (Å²) in [6.07, 6.45) is 0.0866. The fraction of sp³-hybridized carbons (Fsp3) is 0.556. The van der Waals surface area contributed by atoms with Crippen LogP contribution in [0.15, 0.2) is 5.38 Å². The average molecular weight is 245 g/mol. The van der Waals surface area contributed by atoms with Crippen LogP contribution < -0.4 is 11.1 Å². The molecule has 5 N–H and O–H groups in total. The molecule has 0 bridgehead atoms. The van der Waals surface area contributed by atoms with Crippen LogP contribution >= 0.6 is 11.3 Å². The molecule has 1 heterocycles. The van der Waals surface area contributed by atoms with E-state index in [4.69, 9.17) is 15.9 Å². The fourth-order valence-electron chi connectivity index (χ4n) is 1.08. The molecule has 0 spiro atoms. The summed E-state index contributed by atoms with van der Waals surface area (Å²) < 4.78 is 0. The first-order chi connectivity index (χ1) is 7.49. The summed E-state index contributed by atoms with van der Waals surface area (Å²) in [5.41, 5.74) is 5.01. The van der Waals surface area contributed by atoms with Crippen molar-refractivity contribution in [1.82, 2.24) is 10.3 Å². The number of carbonyl (C=O) groups is 1. The van der Waals surface area contributed by atoms with E-state index in [1.54, 1.807) is 12.3 Å². The number of hydrogen-bond donors (Lipinski definition) is 4. The summed E-state index contributed by atoms with van der Waals surface area (Å²) >= 11 is 1.26. The highest BCUT2D eigenvalue weighted by molar-refractivity contribution is 7.13. The third-order valence-corrected chi connectivity index (χ3v) is 2.77. The lowest BCUT2D eigenvalue weighted by atomic mass is 10.1. The van der Waals surface area contributed by atoms with E-state index in [0.29, 0.717) is 10.8 Å². The van der Waals surface area contributed by atoms with Crippen molar-refractivity contribution in [2.75, 3.05) is 18.9 Å². The van der Waals surface area contributed by atoms with Crippen molar-refractivity contribution in [3.05, 3.63) is 11.1 Å². The van der Waals surface area contributed by atoms with Crippen LogP contribution in [-0.4, -0.2) is 39.9 Å². The number of rotatable bonds is 5. The van der Waals surface area contributed by atoms with Gasteiger partial charge in [-0.15, -0.1) is 11.3 Å². The lowest BCUT2D eigenvalue weighted by Crippen LogP contribution is -2.52. The van der Waals surface area contributed by atoms with E-state index in [1.807, 2.05) is 0 Å². The monoisotopic (exact) mass is 245 g/mol. The van der Waals surface area contributed by atoms with Gasteiger partial charge in [0.1, 0.15) is 0 Å². The maximum atomic E-state index is 11.5.